The van der Waals surface area contributed by atoms with Gasteiger partial charge in [-0.1, -0.05) is 6.07 Å². The van der Waals surface area contributed by atoms with Gasteiger partial charge in [0.1, 0.15) is 0 Å². The Bertz CT molecular complexity index is 147. The van der Waals surface area contributed by atoms with E-state index in [1.807, 2.05) is 41.8 Å². The number of pyridine rings is 1. The summed E-state index contributed by atoms with van der Waals surface area (Å²) in [6, 6.07) is 4.07. The summed E-state index contributed by atoms with van der Waals surface area (Å²) in [4.78, 5) is 4.08. The Morgan fingerprint density at radius 2 is 2.25 bits per heavy atom. The lowest BCUT2D eigenvalue weighted by molar-refractivity contribution is -0.337. The van der Waals surface area contributed by atoms with Crippen LogP contribution in [0, 0.1) is 10.6 Å². The van der Waals surface area contributed by atoms with E-state index in [0.717, 1.165) is 3.70 Å². The van der Waals surface area contributed by atoms with Crippen molar-refractivity contribution in [2.75, 3.05) is 0 Å². The Morgan fingerprint density at radius 1 is 1.50 bits per heavy atom. The number of hydrogen-bond acceptors (Lipinski definition) is 1. The van der Waals surface area contributed by atoms with Crippen molar-refractivity contribution in [3.05, 3.63) is 27.6 Å². The fourth-order valence-corrected chi connectivity index (χ4v) is 0.799. The van der Waals surface area contributed by atoms with Crippen LogP contribution in [0.3, 0.4) is 0 Å². The quantitative estimate of drug-likeness (QED) is 0.358. The molecule has 0 radical (unpaired) electrons. The second-order valence-electron chi connectivity index (χ2n) is 1.67. The summed E-state index contributed by atoms with van der Waals surface area (Å²) < 4.78 is 1.09. The van der Waals surface area contributed by atoms with Crippen LogP contribution in [-0.4, -0.2) is 4.98 Å². The molecule has 0 spiro atoms. The summed E-state index contributed by atoms with van der Waals surface area (Å²) >= 11 is 1.92. The normalized spacial score (nSPS) is 9.25. The van der Waals surface area contributed by atoms with E-state index < -0.39 is 0 Å². The Kier molecular flexibility index (Phi) is 1.83. The zero-order chi connectivity index (χ0) is 5.98. The third-order valence-corrected chi connectivity index (χ3v) is 1.57. The Labute approximate surface area is 62.3 Å². The van der Waals surface area contributed by atoms with Crippen molar-refractivity contribution in [3.63, 3.8) is 0 Å². The van der Waals surface area contributed by atoms with Crippen molar-refractivity contribution in [1.29, 1.82) is 0 Å². The van der Waals surface area contributed by atoms with Gasteiger partial charge < -0.3 is 0 Å². The highest BCUT2D eigenvalue weighted by atomic mass is 127. The van der Waals surface area contributed by atoms with Gasteiger partial charge in [0, 0.05) is 12.3 Å². The molecule has 1 heterocycles. The van der Waals surface area contributed by atoms with E-state index in [1.54, 1.807) is 0 Å². The highest BCUT2D eigenvalue weighted by Gasteiger charge is 1.91. The van der Waals surface area contributed by atoms with Crippen LogP contribution < -0.4 is 22.6 Å². The van der Waals surface area contributed by atoms with Crippen molar-refractivity contribution < 1.29 is 22.6 Å². The zero-order valence-electron chi connectivity index (χ0n) is 4.59. The maximum Gasteiger partial charge on any atom is 0.318 e. The summed E-state index contributed by atoms with van der Waals surface area (Å²) in [5, 5.41) is 0. The first kappa shape index (κ1) is 6.01. The molecule has 0 amide bonds. The van der Waals surface area contributed by atoms with E-state index in [0.29, 0.717) is 0 Å². The lowest BCUT2D eigenvalue weighted by atomic mass is 10.3. The number of halogens is 1. The third-order valence-electron chi connectivity index (χ3n) is 0.884. The van der Waals surface area contributed by atoms with Gasteiger partial charge in [0.15, 0.2) is 0 Å². The van der Waals surface area contributed by atoms with E-state index in [-0.39, 0.29) is 0 Å². The monoisotopic (exact) mass is 220 g/mol. The molecule has 0 fully saturated rings. The summed E-state index contributed by atoms with van der Waals surface area (Å²) in [7, 11) is 0. The maximum absolute atomic E-state index is 4.08. The van der Waals surface area contributed by atoms with Crippen LogP contribution in [0.5, 0.6) is 0 Å². The number of aromatic nitrogens is 1. The molecule has 1 aromatic rings. The second-order valence-corrected chi connectivity index (χ2v) is 2.87. The maximum atomic E-state index is 4.08. The van der Waals surface area contributed by atoms with Crippen LogP contribution in [0.15, 0.2) is 18.3 Å². The average Bonchev–Trinajstić information content (AvgIpc) is 1.77. The Hall–Kier alpha value is -0.120. The Morgan fingerprint density at radius 3 is 2.62 bits per heavy atom. The largest absolute Gasteiger partial charge is 0.318 e. The van der Waals surface area contributed by atoms with Gasteiger partial charge in [0.05, 0.1) is 0 Å². The van der Waals surface area contributed by atoms with Gasteiger partial charge in [0.25, 0.3) is 3.70 Å². The molecule has 0 atom stereocenters. The van der Waals surface area contributed by atoms with Crippen LogP contribution in [0.2, 0.25) is 0 Å². The van der Waals surface area contributed by atoms with Gasteiger partial charge in [-0.15, -0.1) is 0 Å². The molecule has 2 heteroatoms. The lowest BCUT2D eigenvalue weighted by Gasteiger charge is -1.83. The zero-order valence-corrected chi connectivity index (χ0v) is 6.92. The van der Waals surface area contributed by atoms with Gasteiger partial charge in [-0.05, 0) is 12.5 Å². The van der Waals surface area contributed by atoms with Crippen molar-refractivity contribution in [2.24, 2.45) is 0 Å². The summed E-state index contributed by atoms with van der Waals surface area (Å²) in [6.45, 7) is 2.04. The lowest BCUT2D eigenvalue weighted by Crippen LogP contribution is -3.34. The smallest absolute Gasteiger partial charge is 0.213 e. The summed E-state index contributed by atoms with van der Waals surface area (Å²) in [6.07, 6.45) is 1.87. The first-order valence-electron chi connectivity index (χ1n) is 2.39. The highest BCUT2D eigenvalue weighted by molar-refractivity contribution is 5.04. The van der Waals surface area contributed by atoms with Crippen LogP contribution in [0.25, 0.3) is 0 Å². The van der Waals surface area contributed by atoms with Gasteiger partial charge in [-0.3, -0.25) is 0 Å². The van der Waals surface area contributed by atoms with Gasteiger partial charge in [0.2, 0.25) is 0 Å². The van der Waals surface area contributed by atoms with Crippen LogP contribution >= 0.6 is 0 Å². The standard InChI is InChI=1S/C6H7IN/c1-5-2-3-6(7)8-4-5/h2-4,7H,1H3/q+1. The van der Waals surface area contributed by atoms with E-state index in [9.17, 15) is 0 Å². The molecule has 0 bridgehead atoms. The fourth-order valence-electron chi connectivity index (χ4n) is 0.454. The Balaban J connectivity index is 3.03. The fraction of sp³-hybridized carbons (Fsp3) is 0.167. The van der Waals surface area contributed by atoms with E-state index in [1.165, 1.54) is 5.56 Å². The molecule has 0 unspecified atom stereocenters. The van der Waals surface area contributed by atoms with Crippen molar-refractivity contribution >= 4 is 0 Å². The minimum absolute atomic E-state index is 1.09. The molecule has 0 aromatic carbocycles. The molecule has 0 aliphatic heterocycles. The van der Waals surface area contributed by atoms with Crippen molar-refractivity contribution in [1.82, 2.24) is 4.98 Å². The van der Waals surface area contributed by atoms with E-state index in [4.69, 9.17) is 0 Å². The molecule has 0 aliphatic carbocycles. The van der Waals surface area contributed by atoms with Crippen LogP contribution in [0.1, 0.15) is 5.56 Å². The molecular weight excluding hydrogens is 213 g/mol. The first-order chi connectivity index (χ1) is 3.79. The summed E-state index contributed by atoms with van der Waals surface area (Å²) in [5.74, 6) is 0. The molecule has 0 aliphatic rings. The number of hydrogen-bond donors (Lipinski definition) is 0. The molecule has 42 valence electrons. The molecular formula is C6H7IN+. The highest BCUT2D eigenvalue weighted by Crippen LogP contribution is 1.88. The predicted molar refractivity (Wildman–Crippen MR) is 29.1 cm³/mol. The molecule has 0 saturated heterocycles. The van der Waals surface area contributed by atoms with E-state index >= 15 is 0 Å². The second kappa shape index (κ2) is 2.44. The molecule has 1 nitrogen and oxygen atoms in total. The molecule has 8 heavy (non-hydrogen) atoms. The van der Waals surface area contributed by atoms with Crippen molar-refractivity contribution in [2.45, 2.75) is 6.92 Å². The van der Waals surface area contributed by atoms with Gasteiger partial charge in [-0.2, -0.15) is 0 Å². The van der Waals surface area contributed by atoms with Gasteiger partial charge in [-0.25, -0.2) is 4.98 Å². The number of rotatable bonds is 0. The van der Waals surface area contributed by atoms with Gasteiger partial charge >= 0.3 is 22.6 Å². The van der Waals surface area contributed by atoms with E-state index in [2.05, 4.69) is 11.1 Å². The number of aryl methyl sites for hydroxylation is 1. The molecule has 0 N–H and O–H groups in total. The van der Waals surface area contributed by atoms with Crippen LogP contribution in [-0.2, 0) is 0 Å². The molecule has 1 rings (SSSR count). The van der Waals surface area contributed by atoms with Crippen molar-refractivity contribution in [3.8, 4) is 0 Å². The van der Waals surface area contributed by atoms with Crippen LogP contribution in [0.4, 0.5) is 0 Å². The minimum atomic E-state index is 1.09. The topological polar surface area (TPSA) is 12.9 Å². The minimum Gasteiger partial charge on any atom is -0.213 e. The SMILES string of the molecule is Cc1ccc([IH+])nc1. The predicted octanol–water partition coefficient (Wildman–Crippen LogP) is -2.15. The summed E-state index contributed by atoms with van der Waals surface area (Å²) in [5.41, 5.74) is 1.22. The third kappa shape index (κ3) is 1.43. The average molecular weight is 220 g/mol. The first-order valence-corrected chi connectivity index (χ1v) is 3.55. The molecule has 0 saturated carbocycles. The number of nitrogens with zero attached hydrogens (tertiary/aromatic N) is 1. The molecule has 1 aromatic heterocycles.